The molecule has 2 aromatic rings. The zero-order valence-corrected chi connectivity index (χ0v) is 9.97. The molecule has 0 atom stereocenters. The van der Waals surface area contributed by atoms with Gasteiger partial charge in [-0.1, -0.05) is 23.2 Å². The molecule has 1 heterocycles. The Bertz CT molecular complexity index is 514. The van der Waals surface area contributed by atoms with E-state index in [9.17, 15) is 4.39 Å². The van der Waals surface area contributed by atoms with Crippen LogP contribution in [0.2, 0.25) is 10.0 Å². The number of anilines is 1. The van der Waals surface area contributed by atoms with Gasteiger partial charge in [-0.2, -0.15) is 0 Å². The molecule has 1 aromatic carbocycles. The summed E-state index contributed by atoms with van der Waals surface area (Å²) in [5.74, 6) is -0.506. The number of hydrogen-bond donors (Lipinski definition) is 1. The second-order valence-corrected chi connectivity index (χ2v) is 4.08. The molecule has 88 valence electrons. The Hall–Kier alpha value is -1.52. The lowest BCUT2D eigenvalue weighted by molar-refractivity contribution is 0.428. The normalized spacial score (nSPS) is 10.3. The second kappa shape index (κ2) is 4.77. The van der Waals surface area contributed by atoms with Crippen molar-refractivity contribution in [3.05, 3.63) is 46.3 Å². The van der Waals surface area contributed by atoms with Gasteiger partial charge in [0.05, 0.1) is 5.02 Å². The van der Waals surface area contributed by atoms with Gasteiger partial charge in [0, 0.05) is 18.0 Å². The van der Waals surface area contributed by atoms with E-state index in [0.717, 1.165) is 6.07 Å². The standard InChI is InChI=1S/C11H7Cl2FN2O/c12-6-3-8(13)11(16-5-6)17-10-2-1-7(15)4-9(10)14/h1-5H,15H2. The molecule has 0 aliphatic carbocycles. The van der Waals surface area contributed by atoms with Crippen LogP contribution >= 0.6 is 23.2 Å². The fourth-order valence-electron chi connectivity index (χ4n) is 1.18. The molecular weight excluding hydrogens is 266 g/mol. The minimum atomic E-state index is -0.585. The summed E-state index contributed by atoms with van der Waals surface area (Å²) in [4.78, 5) is 3.85. The fourth-order valence-corrected chi connectivity index (χ4v) is 1.60. The number of aromatic nitrogens is 1. The molecule has 0 amide bonds. The first-order valence-electron chi connectivity index (χ1n) is 4.60. The molecule has 17 heavy (non-hydrogen) atoms. The van der Waals surface area contributed by atoms with Crippen LogP contribution in [0.5, 0.6) is 11.6 Å². The van der Waals surface area contributed by atoms with Crippen molar-refractivity contribution < 1.29 is 9.13 Å². The van der Waals surface area contributed by atoms with Crippen LogP contribution in [0.3, 0.4) is 0 Å². The molecule has 0 unspecified atom stereocenters. The van der Waals surface area contributed by atoms with Gasteiger partial charge < -0.3 is 10.5 Å². The van der Waals surface area contributed by atoms with E-state index in [4.69, 9.17) is 33.7 Å². The maximum absolute atomic E-state index is 13.4. The summed E-state index contributed by atoms with van der Waals surface area (Å²) in [6.07, 6.45) is 1.36. The number of rotatable bonds is 2. The maximum Gasteiger partial charge on any atom is 0.238 e. The van der Waals surface area contributed by atoms with E-state index in [1.807, 2.05) is 0 Å². The van der Waals surface area contributed by atoms with Gasteiger partial charge in [0.15, 0.2) is 11.6 Å². The van der Waals surface area contributed by atoms with Crippen molar-refractivity contribution in [3.8, 4) is 11.6 Å². The summed E-state index contributed by atoms with van der Waals surface area (Å²) in [5, 5.41) is 0.578. The molecule has 0 saturated carbocycles. The smallest absolute Gasteiger partial charge is 0.238 e. The lowest BCUT2D eigenvalue weighted by Crippen LogP contribution is -1.93. The number of nitrogen functional groups attached to an aromatic ring is 1. The van der Waals surface area contributed by atoms with Crippen molar-refractivity contribution in [3.63, 3.8) is 0 Å². The molecule has 3 nitrogen and oxygen atoms in total. The molecule has 0 radical (unpaired) electrons. The van der Waals surface area contributed by atoms with Crippen LogP contribution in [-0.2, 0) is 0 Å². The predicted octanol–water partition coefficient (Wildman–Crippen LogP) is 3.90. The molecule has 0 fully saturated rings. The highest BCUT2D eigenvalue weighted by Crippen LogP contribution is 2.30. The zero-order chi connectivity index (χ0) is 12.4. The van der Waals surface area contributed by atoms with Crippen molar-refractivity contribution in [1.82, 2.24) is 4.98 Å². The first-order valence-corrected chi connectivity index (χ1v) is 5.36. The van der Waals surface area contributed by atoms with Gasteiger partial charge in [-0.3, -0.25) is 0 Å². The lowest BCUT2D eigenvalue weighted by Gasteiger charge is -2.07. The van der Waals surface area contributed by atoms with Crippen LogP contribution in [0.15, 0.2) is 30.5 Å². The van der Waals surface area contributed by atoms with Gasteiger partial charge >= 0.3 is 0 Å². The molecule has 6 heteroatoms. The van der Waals surface area contributed by atoms with Crippen LogP contribution < -0.4 is 10.5 Å². The molecule has 0 spiro atoms. The molecule has 2 rings (SSSR count). The molecule has 0 aliphatic rings. The Morgan fingerprint density at radius 3 is 2.65 bits per heavy atom. The molecule has 0 saturated heterocycles. The van der Waals surface area contributed by atoms with Gasteiger partial charge in [-0.15, -0.1) is 0 Å². The number of pyridine rings is 1. The monoisotopic (exact) mass is 272 g/mol. The highest BCUT2D eigenvalue weighted by atomic mass is 35.5. The fraction of sp³-hybridized carbons (Fsp3) is 0. The van der Waals surface area contributed by atoms with Crippen LogP contribution in [0.4, 0.5) is 10.1 Å². The SMILES string of the molecule is Nc1ccc(Oc2ncc(Cl)cc2Cl)c(F)c1. The van der Waals surface area contributed by atoms with Gasteiger partial charge in [0.2, 0.25) is 5.88 Å². The second-order valence-electron chi connectivity index (χ2n) is 3.23. The van der Waals surface area contributed by atoms with Crippen molar-refractivity contribution in [2.75, 3.05) is 5.73 Å². The van der Waals surface area contributed by atoms with Crippen LogP contribution in [-0.4, -0.2) is 4.98 Å². The summed E-state index contributed by atoms with van der Waals surface area (Å²) < 4.78 is 18.7. The average molecular weight is 273 g/mol. The van der Waals surface area contributed by atoms with E-state index < -0.39 is 5.82 Å². The average Bonchev–Trinajstić information content (AvgIpc) is 2.25. The van der Waals surface area contributed by atoms with Gasteiger partial charge in [-0.25, -0.2) is 9.37 Å². The largest absolute Gasteiger partial charge is 0.434 e. The van der Waals surface area contributed by atoms with Gasteiger partial charge in [0.25, 0.3) is 0 Å². The minimum absolute atomic E-state index is 0.00378. The number of benzene rings is 1. The van der Waals surface area contributed by atoms with Crippen LogP contribution in [0.25, 0.3) is 0 Å². The van der Waals surface area contributed by atoms with Crippen molar-refractivity contribution in [1.29, 1.82) is 0 Å². The molecular formula is C11H7Cl2FN2O. The van der Waals surface area contributed by atoms with Gasteiger partial charge in [-0.05, 0) is 18.2 Å². The Morgan fingerprint density at radius 1 is 1.24 bits per heavy atom. The summed E-state index contributed by atoms with van der Waals surface area (Å²) in [7, 11) is 0. The molecule has 0 bridgehead atoms. The summed E-state index contributed by atoms with van der Waals surface area (Å²) in [5.41, 5.74) is 5.73. The van der Waals surface area contributed by atoms with Crippen LogP contribution in [0, 0.1) is 5.82 Å². The number of nitrogens with two attached hydrogens (primary N) is 1. The molecule has 0 aliphatic heterocycles. The van der Waals surface area contributed by atoms with E-state index in [1.54, 1.807) is 0 Å². The lowest BCUT2D eigenvalue weighted by atomic mass is 10.3. The Balaban J connectivity index is 2.31. The van der Waals surface area contributed by atoms with E-state index in [1.165, 1.54) is 24.4 Å². The third kappa shape index (κ3) is 2.78. The van der Waals surface area contributed by atoms with E-state index in [2.05, 4.69) is 4.98 Å². The summed E-state index contributed by atoms with van der Waals surface area (Å²) in [6, 6.07) is 5.53. The van der Waals surface area contributed by atoms with Crippen LogP contribution in [0.1, 0.15) is 0 Å². The first-order chi connectivity index (χ1) is 8.06. The Labute approximate surface area is 107 Å². The highest BCUT2D eigenvalue weighted by Gasteiger charge is 2.09. The maximum atomic E-state index is 13.4. The van der Waals surface area contributed by atoms with E-state index in [-0.39, 0.29) is 16.7 Å². The predicted molar refractivity (Wildman–Crippen MR) is 65.1 cm³/mol. The minimum Gasteiger partial charge on any atom is -0.434 e. The van der Waals surface area contributed by atoms with E-state index >= 15 is 0 Å². The summed E-state index contributed by atoms with van der Waals surface area (Å²) in [6.45, 7) is 0. The topological polar surface area (TPSA) is 48.1 Å². The highest BCUT2D eigenvalue weighted by molar-refractivity contribution is 6.35. The first kappa shape index (κ1) is 12.0. The quantitative estimate of drug-likeness (QED) is 0.844. The Morgan fingerprint density at radius 2 is 2.00 bits per heavy atom. The number of nitrogens with zero attached hydrogens (tertiary/aromatic N) is 1. The molecule has 2 N–H and O–H groups in total. The third-order valence-electron chi connectivity index (χ3n) is 1.94. The molecule has 1 aromatic heterocycles. The zero-order valence-electron chi connectivity index (χ0n) is 8.45. The Kier molecular flexibility index (Phi) is 3.36. The number of ether oxygens (including phenoxy) is 1. The van der Waals surface area contributed by atoms with Gasteiger partial charge in [0.1, 0.15) is 5.02 Å². The van der Waals surface area contributed by atoms with Crippen molar-refractivity contribution >= 4 is 28.9 Å². The van der Waals surface area contributed by atoms with Crippen molar-refractivity contribution in [2.24, 2.45) is 0 Å². The third-order valence-corrected chi connectivity index (χ3v) is 2.41. The number of halogens is 3. The summed E-state index contributed by atoms with van der Waals surface area (Å²) >= 11 is 11.5. The number of hydrogen-bond acceptors (Lipinski definition) is 3. The van der Waals surface area contributed by atoms with Crippen molar-refractivity contribution in [2.45, 2.75) is 0 Å². The van der Waals surface area contributed by atoms with E-state index in [0.29, 0.717) is 10.7 Å².